The Hall–Kier alpha value is -1.76. The Kier molecular flexibility index (Phi) is 32.3. The molecule has 0 spiro atoms. The predicted octanol–water partition coefficient (Wildman–Crippen LogP) is 5.82. The van der Waals surface area contributed by atoms with Gasteiger partial charge >= 0.3 is 11.9 Å². The van der Waals surface area contributed by atoms with E-state index in [2.05, 4.69) is 26.0 Å². The van der Waals surface area contributed by atoms with Crippen LogP contribution in [0.2, 0.25) is 0 Å². The molecule has 0 aromatic heterocycles. The fraction of sp³-hybridized carbons (Fsp3) is 0.915. The number of aliphatic hydroxyl groups is 7. The van der Waals surface area contributed by atoms with Crippen LogP contribution in [0.15, 0.2) is 12.2 Å². The molecule has 364 valence electrons. The maximum Gasteiger partial charge on any atom is 0.306 e. The molecule has 15 heteroatoms. The predicted molar refractivity (Wildman–Crippen MR) is 234 cm³/mol. The number of esters is 2. The van der Waals surface area contributed by atoms with Crippen molar-refractivity contribution in [3.8, 4) is 0 Å². The van der Waals surface area contributed by atoms with Gasteiger partial charge in [0.2, 0.25) is 0 Å². The van der Waals surface area contributed by atoms with Gasteiger partial charge in [0.25, 0.3) is 0 Å². The molecule has 0 bridgehead atoms. The fourth-order valence-electron chi connectivity index (χ4n) is 7.67. The Morgan fingerprint density at radius 1 is 0.500 bits per heavy atom. The van der Waals surface area contributed by atoms with Crippen LogP contribution in [0.25, 0.3) is 0 Å². The number of carbonyl (C=O) groups is 2. The summed E-state index contributed by atoms with van der Waals surface area (Å²) in [6.45, 7) is 2.54. The van der Waals surface area contributed by atoms with Crippen molar-refractivity contribution in [3.05, 3.63) is 12.2 Å². The summed E-state index contributed by atoms with van der Waals surface area (Å²) in [6.07, 6.45) is 15.4. The van der Waals surface area contributed by atoms with E-state index in [1.54, 1.807) is 0 Å². The lowest BCUT2D eigenvalue weighted by Gasteiger charge is -2.42. The summed E-state index contributed by atoms with van der Waals surface area (Å²) in [4.78, 5) is 25.6. The lowest BCUT2D eigenvalue weighted by Crippen LogP contribution is -2.61. The third-order valence-electron chi connectivity index (χ3n) is 11.7. The topological polar surface area (TPSA) is 231 Å². The van der Waals surface area contributed by atoms with Crippen molar-refractivity contribution < 1.29 is 73.8 Å². The number of rotatable bonds is 37. The third kappa shape index (κ3) is 24.0. The van der Waals surface area contributed by atoms with E-state index >= 15 is 0 Å². The number of aliphatic hydroxyl groups excluding tert-OH is 7. The number of carbonyl (C=O) groups excluding carboxylic acids is 2. The molecule has 0 aromatic carbocycles. The highest BCUT2D eigenvalue weighted by molar-refractivity contribution is 5.70. The maximum absolute atomic E-state index is 12.9. The summed E-state index contributed by atoms with van der Waals surface area (Å²) in [5.41, 5.74) is 0. The normalized spacial score (nSPS) is 27.1. The Bertz CT molecular complexity index is 1140. The minimum Gasteiger partial charge on any atom is -0.462 e. The monoisotopic (exact) mass is 891 g/mol. The Balaban J connectivity index is 1.82. The SMILES string of the molecule is CCCC/C=C\CCCCCCCC(=O)OC(COC(=O)CCCCCCCCCCCCCCCCC)COC1OC(COC2OC(CO)C(O)C(O)C2O)C(O)C(O)C1O. The molecule has 2 saturated heterocycles. The fourth-order valence-corrected chi connectivity index (χ4v) is 7.67. The summed E-state index contributed by atoms with van der Waals surface area (Å²) < 4.78 is 33.5. The van der Waals surface area contributed by atoms with Crippen molar-refractivity contribution in [2.24, 2.45) is 0 Å². The molecular weight excluding hydrogens is 805 g/mol. The van der Waals surface area contributed by atoms with Crippen LogP contribution in [0.3, 0.4) is 0 Å². The van der Waals surface area contributed by atoms with Gasteiger partial charge in [-0.15, -0.1) is 0 Å². The van der Waals surface area contributed by atoms with E-state index in [-0.39, 0.29) is 26.1 Å². The number of hydrogen-bond donors (Lipinski definition) is 7. The van der Waals surface area contributed by atoms with E-state index in [1.165, 1.54) is 83.5 Å². The zero-order valence-electron chi connectivity index (χ0n) is 38.1. The summed E-state index contributed by atoms with van der Waals surface area (Å²) in [6, 6.07) is 0. The second kappa shape index (κ2) is 35.5. The van der Waals surface area contributed by atoms with E-state index in [9.17, 15) is 45.3 Å². The summed E-state index contributed by atoms with van der Waals surface area (Å²) in [5.74, 6) is -0.929. The molecule has 2 rings (SSSR count). The molecule has 2 fully saturated rings. The zero-order valence-corrected chi connectivity index (χ0v) is 38.1. The highest BCUT2D eigenvalue weighted by atomic mass is 16.7. The van der Waals surface area contributed by atoms with E-state index < -0.39 is 92.7 Å². The maximum atomic E-state index is 12.9. The minimum absolute atomic E-state index is 0.158. The third-order valence-corrected chi connectivity index (χ3v) is 11.7. The second-order valence-corrected chi connectivity index (χ2v) is 17.3. The Labute approximate surface area is 371 Å². The molecule has 2 aliphatic rings. The van der Waals surface area contributed by atoms with Crippen molar-refractivity contribution in [3.63, 3.8) is 0 Å². The van der Waals surface area contributed by atoms with Gasteiger partial charge in [0.1, 0.15) is 55.4 Å². The van der Waals surface area contributed by atoms with Crippen LogP contribution in [0.4, 0.5) is 0 Å². The van der Waals surface area contributed by atoms with Crippen LogP contribution in [0.1, 0.15) is 181 Å². The average Bonchev–Trinajstić information content (AvgIpc) is 3.26. The van der Waals surface area contributed by atoms with Gasteiger partial charge in [0.15, 0.2) is 18.7 Å². The minimum atomic E-state index is -1.76. The van der Waals surface area contributed by atoms with Crippen LogP contribution >= 0.6 is 0 Å². The number of allylic oxidation sites excluding steroid dienone is 2. The van der Waals surface area contributed by atoms with E-state index in [1.807, 2.05) is 0 Å². The van der Waals surface area contributed by atoms with Crippen LogP contribution in [0, 0.1) is 0 Å². The molecule has 15 nitrogen and oxygen atoms in total. The van der Waals surface area contributed by atoms with Crippen molar-refractivity contribution in [1.29, 1.82) is 0 Å². The quantitative estimate of drug-likeness (QED) is 0.0221. The molecule has 0 aromatic rings. The van der Waals surface area contributed by atoms with Gasteiger partial charge in [-0.3, -0.25) is 9.59 Å². The Morgan fingerprint density at radius 2 is 0.935 bits per heavy atom. The van der Waals surface area contributed by atoms with Crippen LogP contribution in [0.5, 0.6) is 0 Å². The molecule has 62 heavy (non-hydrogen) atoms. The van der Waals surface area contributed by atoms with Gasteiger partial charge in [-0.2, -0.15) is 0 Å². The lowest BCUT2D eigenvalue weighted by atomic mass is 9.98. The van der Waals surface area contributed by atoms with Crippen LogP contribution < -0.4 is 0 Å². The Morgan fingerprint density at radius 3 is 1.47 bits per heavy atom. The van der Waals surface area contributed by atoms with E-state index in [0.29, 0.717) is 12.8 Å². The molecule has 2 heterocycles. The lowest BCUT2D eigenvalue weighted by molar-refractivity contribution is -0.332. The molecular formula is C47H86O15. The molecule has 0 saturated carbocycles. The first-order valence-electron chi connectivity index (χ1n) is 24.3. The number of ether oxygens (including phenoxy) is 6. The highest BCUT2D eigenvalue weighted by Crippen LogP contribution is 2.26. The molecule has 11 atom stereocenters. The molecule has 11 unspecified atom stereocenters. The highest BCUT2D eigenvalue weighted by Gasteiger charge is 2.47. The largest absolute Gasteiger partial charge is 0.462 e. The van der Waals surface area contributed by atoms with Gasteiger partial charge in [-0.1, -0.05) is 148 Å². The number of unbranched alkanes of at least 4 members (excludes halogenated alkanes) is 21. The molecule has 2 aliphatic heterocycles. The van der Waals surface area contributed by atoms with Gasteiger partial charge in [0.05, 0.1) is 19.8 Å². The second-order valence-electron chi connectivity index (χ2n) is 17.3. The molecule has 7 N–H and O–H groups in total. The number of hydrogen-bond acceptors (Lipinski definition) is 15. The van der Waals surface area contributed by atoms with E-state index in [0.717, 1.165) is 57.8 Å². The van der Waals surface area contributed by atoms with Crippen LogP contribution in [-0.4, -0.2) is 142 Å². The summed E-state index contributed by atoms with van der Waals surface area (Å²) in [5, 5.41) is 71.9. The summed E-state index contributed by atoms with van der Waals surface area (Å²) >= 11 is 0. The zero-order chi connectivity index (χ0) is 45.4. The first-order valence-corrected chi connectivity index (χ1v) is 24.3. The van der Waals surface area contributed by atoms with Gasteiger partial charge < -0.3 is 64.2 Å². The standard InChI is InChI=1S/C47H86O15/c1-3-5-7-9-11-13-15-16-17-18-20-21-23-25-27-29-38(49)57-32-35(60-39(50)30-28-26-24-22-19-14-12-10-8-6-4-2)33-58-46-45(56)43(54)41(52)37(62-46)34-59-47-44(55)42(53)40(51)36(31-48)61-47/h10,12,35-37,40-48,51-56H,3-9,11,13-34H2,1-2H3/b12-10-. The van der Waals surface area contributed by atoms with Gasteiger partial charge in [-0.25, -0.2) is 0 Å². The first kappa shape index (κ1) is 56.4. The van der Waals surface area contributed by atoms with Crippen molar-refractivity contribution in [2.75, 3.05) is 26.4 Å². The van der Waals surface area contributed by atoms with Gasteiger partial charge in [0, 0.05) is 12.8 Å². The van der Waals surface area contributed by atoms with Crippen molar-refractivity contribution in [1.82, 2.24) is 0 Å². The smallest absolute Gasteiger partial charge is 0.306 e. The van der Waals surface area contributed by atoms with E-state index in [4.69, 9.17) is 28.4 Å². The van der Waals surface area contributed by atoms with Crippen molar-refractivity contribution >= 4 is 11.9 Å². The molecule has 0 radical (unpaired) electrons. The molecule has 0 aliphatic carbocycles. The summed E-state index contributed by atoms with van der Waals surface area (Å²) in [7, 11) is 0. The van der Waals surface area contributed by atoms with Gasteiger partial charge in [-0.05, 0) is 32.1 Å². The average molecular weight is 891 g/mol. The molecule has 0 amide bonds. The van der Waals surface area contributed by atoms with Crippen LogP contribution in [-0.2, 0) is 38.0 Å². The van der Waals surface area contributed by atoms with Crippen molar-refractivity contribution in [2.45, 2.75) is 248 Å². The first-order chi connectivity index (χ1) is 30.0.